The Morgan fingerprint density at radius 2 is 2.29 bits per heavy atom. The highest BCUT2D eigenvalue weighted by Gasteiger charge is 2.50. The van der Waals surface area contributed by atoms with E-state index < -0.39 is 28.9 Å². The molecule has 1 saturated carbocycles. The summed E-state index contributed by atoms with van der Waals surface area (Å²) < 4.78 is 5.74. The van der Waals surface area contributed by atoms with Gasteiger partial charge in [-0.1, -0.05) is 11.6 Å². The standard InChI is InChI=1S/C13H16ClN3O7/c1-23-6-24-16-9(2-3-11(16)14)12(18)15-8(13(19)20)4-7-5-10(7)17(21)22/h2-3,7-8,10H,4-6H2,1H3,(H,15,18)(H,19,20)/t7-,8+,10-/m1/s1. The number of hydrogen-bond donors (Lipinski definition) is 2. The van der Waals surface area contributed by atoms with Gasteiger partial charge in [-0.05, 0) is 18.6 Å². The summed E-state index contributed by atoms with van der Waals surface area (Å²) in [5, 5.41) is 22.3. The van der Waals surface area contributed by atoms with Crippen molar-refractivity contribution in [3.05, 3.63) is 33.1 Å². The molecule has 0 saturated heterocycles. The Labute approximate surface area is 141 Å². The monoisotopic (exact) mass is 361 g/mol. The third-order valence-corrected chi connectivity index (χ3v) is 3.90. The van der Waals surface area contributed by atoms with Crippen molar-refractivity contribution in [2.24, 2.45) is 5.92 Å². The zero-order valence-corrected chi connectivity index (χ0v) is 13.4. The number of carbonyl (C=O) groups is 2. The molecule has 0 bridgehead atoms. The van der Waals surface area contributed by atoms with E-state index in [0.717, 1.165) is 4.73 Å². The summed E-state index contributed by atoms with van der Waals surface area (Å²) in [7, 11) is 1.39. The van der Waals surface area contributed by atoms with E-state index in [1.807, 2.05) is 0 Å². The van der Waals surface area contributed by atoms with Gasteiger partial charge in [-0.3, -0.25) is 14.9 Å². The molecule has 1 aromatic rings. The highest BCUT2D eigenvalue weighted by Crippen LogP contribution is 2.37. The molecule has 0 spiro atoms. The van der Waals surface area contributed by atoms with E-state index in [0.29, 0.717) is 6.42 Å². The molecule has 1 heterocycles. The largest absolute Gasteiger partial charge is 0.480 e. The van der Waals surface area contributed by atoms with Gasteiger partial charge in [0.25, 0.3) is 5.91 Å². The zero-order valence-electron chi connectivity index (χ0n) is 12.7. The summed E-state index contributed by atoms with van der Waals surface area (Å²) in [6, 6.07) is 0.790. The van der Waals surface area contributed by atoms with Crippen molar-refractivity contribution >= 4 is 23.5 Å². The van der Waals surface area contributed by atoms with E-state index in [1.165, 1.54) is 19.2 Å². The third kappa shape index (κ3) is 4.15. The Bertz CT molecular complexity index is 648. The first-order valence-electron chi connectivity index (χ1n) is 7.01. The fraction of sp³-hybridized carbons (Fsp3) is 0.538. The number of nitro groups is 1. The van der Waals surface area contributed by atoms with Crippen LogP contribution < -0.4 is 10.2 Å². The predicted molar refractivity (Wildman–Crippen MR) is 80.3 cm³/mol. The summed E-state index contributed by atoms with van der Waals surface area (Å²) in [6.45, 7) is -0.163. The number of methoxy groups -OCH3 is 1. The summed E-state index contributed by atoms with van der Waals surface area (Å²) in [5.74, 6) is -2.34. The highest BCUT2D eigenvalue weighted by atomic mass is 35.5. The minimum atomic E-state index is -1.26. The molecule has 0 radical (unpaired) electrons. The van der Waals surface area contributed by atoms with Crippen LogP contribution in [0.25, 0.3) is 0 Å². The van der Waals surface area contributed by atoms with Crippen molar-refractivity contribution in [2.45, 2.75) is 24.9 Å². The van der Waals surface area contributed by atoms with Gasteiger partial charge < -0.3 is 20.0 Å². The molecule has 2 N–H and O–H groups in total. The van der Waals surface area contributed by atoms with Crippen LogP contribution in [0, 0.1) is 16.0 Å². The Morgan fingerprint density at radius 1 is 1.58 bits per heavy atom. The summed E-state index contributed by atoms with van der Waals surface area (Å²) in [5.41, 5.74) is -0.00933. The molecule has 0 aliphatic heterocycles. The molecular formula is C13H16ClN3O7. The average molecular weight is 362 g/mol. The van der Waals surface area contributed by atoms with Crippen LogP contribution in [-0.2, 0) is 9.53 Å². The Balaban J connectivity index is 2.03. The molecule has 3 atom stereocenters. The fourth-order valence-electron chi connectivity index (χ4n) is 2.30. The molecule has 24 heavy (non-hydrogen) atoms. The van der Waals surface area contributed by atoms with E-state index in [9.17, 15) is 24.8 Å². The first-order chi connectivity index (χ1) is 11.3. The summed E-state index contributed by atoms with van der Waals surface area (Å²) in [6.07, 6.45) is 0.298. The number of ether oxygens (including phenoxy) is 1. The van der Waals surface area contributed by atoms with Gasteiger partial charge in [0.1, 0.15) is 16.9 Å². The fourth-order valence-corrected chi connectivity index (χ4v) is 2.51. The lowest BCUT2D eigenvalue weighted by atomic mass is 10.1. The number of hydrogen-bond acceptors (Lipinski definition) is 6. The van der Waals surface area contributed by atoms with Gasteiger partial charge in [0.15, 0.2) is 0 Å². The third-order valence-electron chi connectivity index (χ3n) is 3.62. The first-order valence-corrected chi connectivity index (χ1v) is 7.39. The van der Waals surface area contributed by atoms with Gasteiger partial charge in [-0.15, -0.1) is 0 Å². The van der Waals surface area contributed by atoms with Crippen molar-refractivity contribution in [3.8, 4) is 0 Å². The number of carbonyl (C=O) groups excluding carboxylic acids is 1. The first kappa shape index (κ1) is 18.0. The molecule has 132 valence electrons. The van der Waals surface area contributed by atoms with E-state index in [4.69, 9.17) is 21.2 Å². The van der Waals surface area contributed by atoms with E-state index in [1.54, 1.807) is 0 Å². The summed E-state index contributed by atoms with van der Waals surface area (Å²) >= 11 is 5.88. The van der Waals surface area contributed by atoms with Crippen LogP contribution in [0.1, 0.15) is 23.3 Å². The number of amides is 1. The maximum atomic E-state index is 12.3. The normalized spacial score (nSPS) is 20.2. The predicted octanol–water partition coefficient (Wildman–Crippen LogP) is 0.412. The number of aromatic nitrogens is 1. The van der Waals surface area contributed by atoms with Crippen LogP contribution in [0.5, 0.6) is 0 Å². The molecule has 1 aromatic heterocycles. The lowest BCUT2D eigenvalue weighted by Crippen LogP contribution is -2.42. The minimum absolute atomic E-state index is 0.00933. The topological polar surface area (TPSA) is 133 Å². The lowest BCUT2D eigenvalue weighted by molar-refractivity contribution is -0.498. The molecule has 0 aromatic carbocycles. The van der Waals surface area contributed by atoms with Crippen molar-refractivity contribution < 1.29 is 29.2 Å². The number of carboxylic acid groups (broad SMARTS) is 1. The van der Waals surface area contributed by atoms with Gasteiger partial charge in [-0.2, -0.15) is 4.73 Å². The number of halogens is 1. The van der Waals surface area contributed by atoms with Crippen molar-refractivity contribution in [3.63, 3.8) is 0 Å². The number of carboxylic acids is 1. The SMILES string of the molecule is COCOn1c(Cl)ccc1C(=O)N[C@@H](C[C@@H]1C[C@H]1[N+](=O)[O-])C(=O)O. The van der Waals surface area contributed by atoms with E-state index in [2.05, 4.69) is 5.32 Å². The molecule has 1 aliphatic carbocycles. The molecule has 2 rings (SSSR count). The van der Waals surface area contributed by atoms with Crippen LogP contribution in [0.15, 0.2) is 12.1 Å². The second-order valence-corrected chi connectivity index (χ2v) is 5.71. The van der Waals surface area contributed by atoms with Crippen LogP contribution in [0.2, 0.25) is 5.15 Å². The second kappa shape index (κ2) is 7.49. The molecular weight excluding hydrogens is 346 g/mol. The quantitative estimate of drug-likeness (QED) is 0.369. The van der Waals surface area contributed by atoms with Crippen molar-refractivity contribution in [2.75, 3.05) is 13.9 Å². The zero-order chi connectivity index (χ0) is 17.9. The molecule has 1 fully saturated rings. The summed E-state index contributed by atoms with van der Waals surface area (Å²) in [4.78, 5) is 38.9. The van der Waals surface area contributed by atoms with Crippen LogP contribution in [0.3, 0.4) is 0 Å². The molecule has 10 nitrogen and oxygen atoms in total. The molecule has 0 unspecified atom stereocenters. The molecule has 1 aliphatic rings. The van der Waals surface area contributed by atoms with Gasteiger partial charge in [0, 0.05) is 24.4 Å². The van der Waals surface area contributed by atoms with Crippen LogP contribution >= 0.6 is 11.6 Å². The van der Waals surface area contributed by atoms with E-state index >= 15 is 0 Å². The Hall–Kier alpha value is -2.33. The maximum absolute atomic E-state index is 12.3. The smallest absolute Gasteiger partial charge is 0.326 e. The van der Waals surface area contributed by atoms with Crippen LogP contribution in [0.4, 0.5) is 0 Å². The number of nitrogens with zero attached hydrogens (tertiary/aromatic N) is 2. The number of aliphatic carboxylic acids is 1. The number of rotatable bonds is 9. The van der Waals surface area contributed by atoms with Gasteiger partial charge in [0.2, 0.25) is 12.8 Å². The van der Waals surface area contributed by atoms with Crippen molar-refractivity contribution in [1.29, 1.82) is 0 Å². The Kier molecular flexibility index (Phi) is 5.62. The minimum Gasteiger partial charge on any atom is -0.480 e. The Morgan fingerprint density at radius 3 is 2.83 bits per heavy atom. The van der Waals surface area contributed by atoms with Gasteiger partial charge in [0.05, 0.1) is 0 Å². The molecule has 1 amide bonds. The maximum Gasteiger partial charge on any atom is 0.326 e. The van der Waals surface area contributed by atoms with Gasteiger partial charge in [-0.25, -0.2) is 4.79 Å². The van der Waals surface area contributed by atoms with E-state index in [-0.39, 0.29) is 30.0 Å². The van der Waals surface area contributed by atoms with Crippen LogP contribution in [-0.4, -0.2) is 52.6 Å². The highest BCUT2D eigenvalue weighted by molar-refractivity contribution is 6.30. The van der Waals surface area contributed by atoms with Crippen molar-refractivity contribution in [1.82, 2.24) is 10.0 Å². The number of nitrogens with one attached hydrogen (secondary N) is 1. The lowest BCUT2D eigenvalue weighted by Gasteiger charge is -2.15. The van der Waals surface area contributed by atoms with Gasteiger partial charge >= 0.3 is 5.97 Å². The second-order valence-electron chi connectivity index (χ2n) is 5.32. The average Bonchev–Trinajstić information content (AvgIpc) is 3.19. The molecule has 11 heteroatoms.